The van der Waals surface area contributed by atoms with Gasteiger partial charge >= 0.3 is 0 Å². The van der Waals surface area contributed by atoms with Crippen LogP contribution in [0, 0.1) is 5.92 Å². The van der Waals surface area contributed by atoms with E-state index in [9.17, 15) is 4.79 Å². The number of carbonyl (C=O) groups is 1. The number of nitrogens with zero attached hydrogens (tertiary/aromatic N) is 3. The minimum absolute atomic E-state index is 0.0128. The molecule has 1 aliphatic carbocycles. The predicted molar refractivity (Wildman–Crippen MR) is 63.7 cm³/mol. The highest BCUT2D eigenvalue weighted by molar-refractivity contribution is 6.33. The SMILES string of the molecule is O=C(Nc1cc2ccnc(Cl)c2nn1)C1CC1. The Morgan fingerprint density at radius 2 is 2.24 bits per heavy atom. The predicted octanol–water partition coefficient (Wildman–Crippen LogP) is 2.03. The molecule has 1 amide bonds. The molecule has 86 valence electrons. The third-order valence-corrected chi connectivity index (χ3v) is 2.94. The van der Waals surface area contributed by atoms with Crippen molar-refractivity contribution < 1.29 is 4.79 Å². The van der Waals surface area contributed by atoms with Gasteiger partial charge in [-0.25, -0.2) is 4.98 Å². The first-order valence-corrected chi connectivity index (χ1v) is 5.70. The summed E-state index contributed by atoms with van der Waals surface area (Å²) in [5.74, 6) is 0.615. The van der Waals surface area contributed by atoms with E-state index in [1.807, 2.05) is 0 Å². The maximum atomic E-state index is 11.6. The molecule has 0 atom stereocenters. The highest BCUT2D eigenvalue weighted by atomic mass is 35.5. The third kappa shape index (κ3) is 2.06. The fourth-order valence-electron chi connectivity index (χ4n) is 1.57. The Bertz CT molecular complexity index is 597. The van der Waals surface area contributed by atoms with Gasteiger partial charge in [-0.1, -0.05) is 11.6 Å². The van der Waals surface area contributed by atoms with Gasteiger partial charge in [-0.3, -0.25) is 4.79 Å². The van der Waals surface area contributed by atoms with Crippen molar-refractivity contribution in [3.63, 3.8) is 0 Å². The largest absolute Gasteiger partial charge is 0.309 e. The molecular formula is C11H9ClN4O. The summed E-state index contributed by atoms with van der Waals surface area (Å²) >= 11 is 5.87. The van der Waals surface area contributed by atoms with E-state index in [0.29, 0.717) is 16.5 Å². The van der Waals surface area contributed by atoms with Gasteiger partial charge in [0.05, 0.1) is 0 Å². The maximum absolute atomic E-state index is 11.6. The van der Waals surface area contributed by atoms with E-state index in [-0.39, 0.29) is 11.8 Å². The number of anilines is 1. The van der Waals surface area contributed by atoms with Crippen molar-refractivity contribution in [1.29, 1.82) is 0 Å². The molecule has 17 heavy (non-hydrogen) atoms. The number of hydrogen-bond donors (Lipinski definition) is 1. The van der Waals surface area contributed by atoms with E-state index in [2.05, 4.69) is 20.5 Å². The molecule has 5 nitrogen and oxygen atoms in total. The van der Waals surface area contributed by atoms with E-state index in [0.717, 1.165) is 18.2 Å². The van der Waals surface area contributed by atoms with Gasteiger partial charge in [-0.05, 0) is 25.0 Å². The summed E-state index contributed by atoms with van der Waals surface area (Å²) in [7, 11) is 0. The van der Waals surface area contributed by atoms with Gasteiger partial charge in [-0.2, -0.15) is 0 Å². The maximum Gasteiger partial charge on any atom is 0.228 e. The number of hydrogen-bond acceptors (Lipinski definition) is 4. The first-order valence-electron chi connectivity index (χ1n) is 5.33. The van der Waals surface area contributed by atoms with Crippen LogP contribution in [0.4, 0.5) is 5.82 Å². The molecule has 0 aliphatic heterocycles. The second-order valence-corrected chi connectivity index (χ2v) is 4.39. The zero-order valence-corrected chi connectivity index (χ0v) is 9.61. The normalized spacial score (nSPS) is 14.9. The average molecular weight is 249 g/mol. The van der Waals surface area contributed by atoms with Gasteiger partial charge in [0.2, 0.25) is 5.91 Å². The number of rotatable bonds is 2. The quantitative estimate of drug-likeness (QED) is 0.826. The van der Waals surface area contributed by atoms with Crippen molar-refractivity contribution in [3.8, 4) is 0 Å². The summed E-state index contributed by atoms with van der Waals surface area (Å²) in [5.41, 5.74) is 0.540. The second kappa shape index (κ2) is 3.92. The number of aromatic nitrogens is 3. The van der Waals surface area contributed by atoms with Crippen LogP contribution in [0.3, 0.4) is 0 Å². The van der Waals surface area contributed by atoms with E-state index in [1.165, 1.54) is 0 Å². The van der Waals surface area contributed by atoms with Gasteiger partial charge in [0.15, 0.2) is 11.0 Å². The van der Waals surface area contributed by atoms with Crippen molar-refractivity contribution >= 4 is 34.2 Å². The molecular weight excluding hydrogens is 240 g/mol. The van der Waals surface area contributed by atoms with Crippen LogP contribution in [0.2, 0.25) is 5.15 Å². The van der Waals surface area contributed by atoms with Crippen molar-refractivity contribution in [3.05, 3.63) is 23.5 Å². The lowest BCUT2D eigenvalue weighted by Gasteiger charge is -2.03. The summed E-state index contributed by atoms with van der Waals surface area (Å²) in [6, 6.07) is 3.53. The Balaban J connectivity index is 1.93. The van der Waals surface area contributed by atoms with Crippen LogP contribution in [-0.4, -0.2) is 21.1 Å². The molecule has 6 heteroatoms. The van der Waals surface area contributed by atoms with E-state index in [1.54, 1.807) is 18.3 Å². The highest BCUT2D eigenvalue weighted by Crippen LogP contribution is 2.30. The summed E-state index contributed by atoms with van der Waals surface area (Å²) in [6.45, 7) is 0. The zero-order valence-electron chi connectivity index (χ0n) is 8.85. The summed E-state index contributed by atoms with van der Waals surface area (Å²) in [5, 5.41) is 11.7. The molecule has 0 spiro atoms. The van der Waals surface area contributed by atoms with Crippen LogP contribution in [0.15, 0.2) is 18.3 Å². The number of amides is 1. The minimum Gasteiger partial charge on any atom is -0.309 e. The molecule has 2 aromatic rings. The van der Waals surface area contributed by atoms with Crippen LogP contribution < -0.4 is 5.32 Å². The Morgan fingerprint density at radius 3 is 3.00 bits per heavy atom. The Labute approximate surface area is 102 Å². The lowest BCUT2D eigenvalue weighted by molar-refractivity contribution is -0.117. The van der Waals surface area contributed by atoms with E-state index in [4.69, 9.17) is 11.6 Å². The molecule has 1 fully saturated rings. The Morgan fingerprint density at radius 1 is 1.41 bits per heavy atom. The fraction of sp³-hybridized carbons (Fsp3) is 0.273. The molecule has 0 unspecified atom stereocenters. The summed E-state index contributed by atoms with van der Waals surface area (Å²) in [6.07, 6.45) is 3.52. The summed E-state index contributed by atoms with van der Waals surface area (Å²) < 4.78 is 0. The topological polar surface area (TPSA) is 67.8 Å². The van der Waals surface area contributed by atoms with Crippen LogP contribution in [0.5, 0.6) is 0 Å². The minimum atomic E-state index is 0.0128. The standard InChI is InChI=1S/C11H9ClN4O/c12-10-9-7(3-4-13-10)5-8(15-16-9)14-11(17)6-1-2-6/h3-6H,1-2H2,(H,14,15,17). The van der Waals surface area contributed by atoms with Gasteiger partial charge in [-0.15, -0.1) is 10.2 Å². The molecule has 0 aromatic carbocycles. The number of fused-ring (bicyclic) bond motifs is 1. The molecule has 1 saturated carbocycles. The molecule has 0 bridgehead atoms. The van der Waals surface area contributed by atoms with Crippen LogP contribution in [0.1, 0.15) is 12.8 Å². The molecule has 2 heterocycles. The van der Waals surface area contributed by atoms with Gasteiger partial charge in [0, 0.05) is 17.5 Å². The monoisotopic (exact) mass is 248 g/mol. The fourth-order valence-corrected chi connectivity index (χ4v) is 1.78. The molecule has 2 aromatic heterocycles. The first-order chi connectivity index (χ1) is 8.24. The van der Waals surface area contributed by atoms with Crippen LogP contribution in [-0.2, 0) is 4.79 Å². The van der Waals surface area contributed by atoms with Crippen molar-refractivity contribution in [1.82, 2.24) is 15.2 Å². The smallest absolute Gasteiger partial charge is 0.228 e. The van der Waals surface area contributed by atoms with Crippen molar-refractivity contribution in [2.45, 2.75) is 12.8 Å². The van der Waals surface area contributed by atoms with Gasteiger partial charge < -0.3 is 5.32 Å². The zero-order chi connectivity index (χ0) is 11.8. The van der Waals surface area contributed by atoms with Gasteiger partial charge in [0.25, 0.3) is 0 Å². The van der Waals surface area contributed by atoms with Crippen LogP contribution in [0.25, 0.3) is 10.9 Å². The number of halogens is 1. The number of nitrogens with one attached hydrogen (secondary N) is 1. The number of pyridine rings is 1. The lowest BCUT2D eigenvalue weighted by Crippen LogP contribution is -2.14. The second-order valence-electron chi connectivity index (χ2n) is 4.03. The lowest BCUT2D eigenvalue weighted by atomic mass is 10.3. The van der Waals surface area contributed by atoms with Gasteiger partial charge in [0.1, 0.15) is 5.52 Å². The first kappa shape index (κ1) is 10.4. The van der Waals surface area contributed by atoms with Crippen LogP contribution >= 0.6 is 11.6 Å². The van der Waals surface area contributed by atoms with E-state index < -0.39 is 0 Å². The molecule has 1 aliphatic rings. The number of carbonyl (C=O) groups excluding carboxylic acids is 1. The molecule has 0 radical (unpaired) electrons. The van der Waals surface area contributed by atoms with E-state index >= 15 is 0 Å². The summed E-state index contributed by atoms with van der Waals surface area (Å²) in [4.78, 5) is 15.5. The average Bonchev–Trinajstić information content (AvgIpc) is 3.13. The Hall–Kier alpha value is -1.75. The highest BCUT2D eigenvalue weighted by Gasteiger charge is 2.29. The molecule has 0 saturated heterocycles. The Kier molecular flexibility index (Phi) is 2.40. The van der Waals surface area contributed by atoms with Crippen molar-refractivity contribution in [2.75, 3.05) is 5.32 Å². The molecule has 3 rings (SSSR count). The molecule has 1 N–H and O–H groups in total. The van der Waals surface area contributed by atoms with Crippen molar-refractivity contribution in [2.24, 2.45) is 5.92 Å². The third-order valence-electron chi connectivity index (χ3n) is 2.66.